The van der Waals surface area contributed by atoms with E-state index in [0.717, 1.165) is 11.1 Å². The van der Waals surface area contributed by atoms with Gasteiger partial charge in [0.05, 0.1) is 12.7 Å². The average Bonchev–Trinajstić information content (AvgIpc) is 2.62. The summed E-state index contributed by atoms with van der Waals surface area (Å²) < 4.78 is 0. The molecule has 0 aliphatic heterocycles. The van der Waals surface area contributed by atoms with Crippen molar-refractivity contribution < 1.29 is 0 Å². The minimum atomic E-state index is -0.0826. The first-order valence-electron chi connectivity index (χ1n) is 7.35. The van der Waals surface area contributed by atoms with Crippen molar-refractivity contribution in [2.24, 2.45) is 0 Å². The molecule has 0 aromatic heterocycles. The Bertz CT molecular complexity index is 643. The van der Waals surface area contributed by atoms with Gasteiger partial charge in [-0.1, -0.05) is 101 Å². The molecule has 0 aliphatic carbocycles. The zero-order chi connectivity index (χ0) is 15.4. The summed E-state index contributed by atoms with van der Waals surface area (Å²) in [5.41, 5.74) is 4.74. The van der Waals surface area contributed by atoms with Crippen LogP contribution < -0.4 is 0 Å². The van der Waals surface area contributed by atoms with E-state index in [-0.39, 0.29) is 10.6 Å². The lowest BCUT2D eigenvalue weighted by Crippen LogP contribution is -2.01. The van der Waals surface area contributed by atoms with Gasteiger partial charge >= 0.3 is 0 Å². The van der Waals surface area contributed by atoms with Gasteiger partial charge in [0.15, 0.2) is 0 Å². The monoisotopic (exact) mass is 346 g/mol. The van der Waals surface area contributed by atoms with Crippen molar-refractivity contribution >= 4 is 23.8 Å². The largest absolute Gasteiger partial charge is 0.0828 e. The van der Waals surface area contributed by atoms with Gasteiger partial charge < -0.3 is 0 Å². The molecule has 3 aromatic carbocycles. The summed E-state index contributed by atoms with van der Waals surface area (Å²) >= 11 is 3.77. The van der Waals surface area contributed by atoms with Gasteiger partial charge in [-0.3, -0.25) is 0 Å². The van der Waals surface area contributed by atoms with Crippen LogP contribution >= 0.6 is 15.9 Å². The van der Waals surface area contributed by atoms with E-state index in [9.17, 15) is 0 Å². The summed E-state index contributed by atoms with van der Waals surface area (Å²) in [6, 6.07) is 29.1. The second-order valence-corrected chi connectivity index (χ2v) is 6.24. The van der Waals surface area contributed by atoms with Gasteiger partial charge in [-0.15, -0.1) is 0 Å². The van der Waals surface area contributed by atoms with E-state index in [1.807, 2.05) is 24.3 Å². The third-order valence-electron chi connectivity index (χ3n) is 3.84. The Morgan fingerprint density at radius 2 is 0.909 bits per heavy atom. The molecule has 106 valence electrons. The fourth-order valence-electron chi connectivity index (χ4n) is 2.54. The van der Waals surface area contributed by atoms with Crippen LogP contribution in [0.4, 0.5) is 0 Å². The van der Waals surface area contributed by atoms with E-state index < -0.39 is 0 Å². The zero-order valence-corrected chi connectivity index (χ0v) is 13.8. The summed E-state index contributed by atoms with van der Waals surface area (Å²) in [4.78, 5) is 0.204. The highest BCUT2D eigenvalue weighted by atomic mass is 79.9. The number of hydrogen-bond acceptors (Lipinski definition) is 0. The van der Waals surface area contributed by atoms with Crippen molar-refractivity contribution in [1.82, 2.24) is 0 Å². The van der Waals surface area contributed by atoms with Gasteiger partial charge in [-0.05, 0) is 28.1 Å². The van der Waals surface area contributed by atoms with Gasteiger partial charge in [-0.2, -0.15) is 0 Å². The summed E-state index contributed by atoms with van der Waals surface area (Å²) in [5.74, 6) is -0.0826. The molecule has 0 N–H and O–H groups in total. The fourth-order valence-corrected chi connectivity index (χ4v) is 3.15. The van der Waals surface area contributed by atoms with Crippen molar-refractivity contribution in [3.63, 3.8) is 0 Å². The Labute approximate surface area is 141 Å². The van der Waals surface area contributed by atoms with E-state index in [4.69, 9.17) is 7.85 Å². The maximum atomic E-state index is 6.34. The lowest BCUT2D eigenvalue weighted by atomic mass is 9.76. The second kappa shape index (κ2) is 6.98. The van der Waals surface area contributed by atoms with Crippen LogP contribution in [0.3, 0.4) is 0 Å². The van der Waals surface area contributed by atoms with E-state index in [1.54, 1.807) is 0 Å². The van der Waals surface area contributed by atoms with Crippen LogP contribution in [0.25, 0.3) is 0 Å². The summed E-state index contributed by atoms with van der Waals surface area (Å²) in [5, 5.41) is 0. The third kappa shape index (κ3) is 3.33. The van der Waals surface area contributed by atoms with Crippen LogP contribution in [0.1, 0.15) is 32.9 Å². The van der Waals surface area contributed by atoms with Crippen molar-refractivity contribution in [1.29, 1.82) is 0 Å². The highest BCUT2D eigenvalue weighted by Crippen LogP contribution is 2.31. The number of rotatable bonds is 4. The van der Waals surface area contributed by atoms with Crippen LogP contribution in [0.15, 0.2) is 84.9 Å². The van der Waals surface area contributed by atoms with Gasteiger partial charge in [0, 0.05) is 0 Å². The zero-order valence-electron chi connectivity index (χ0n) is 12.2. The molecule has 0 bridgehead atoms. The van der Waals surface area contributed by atoms with Gasteiger partial charge in [0.25, 0.3) is 0 Å². The molecule has 3 rings (SSSR count). The predicted octanol–water partition coefficient (Wildman–Crippen LogP) is 5.43. The molecule has 0 heterocycles. The summed E-state index contributed by atoms with van der Waals surface area (Å²) in [7, 11) is 6.34. The van der Waals surface area contributed by atoms with E-state index in [2.05, 4.69) is 76.6 Å². The Hall–Kier alpha value is -1.80. The molecule has 22 heavy (non-hydrogen) atoms. The molecule has 3 aromatic rings. The second-order valence-electron chi connectivity index (χ2n) is 5.33. The first-order valence-corrected chi connectivity index (χ1v) is 8.26. The molecule has 0 spiro atoms. The Morgan fingerprint density at radius 3 is 1.45 bits per heavy atom. The van der Waals surface area contributed by atoms with Gasteiger partial charge in [0.1, 0.15) is 0 Å². The topological polar surface area (TPSA) is 0 Å². The lowest BCUT2D eigenvalue weighted by Gasteiger charge is -2.15. The first-order chi connectivity index (χ1) is 10.8. The molecule has 0 saturated carbocycles. The van der Waals surface area contributed by atoms with Gasteiger partial charge in [-0.25, -0.2) is 0 Å². The lowest BCUT2D eigenvalue weighted by molar-refractivity contribution is 1.11. The van der Waals surface area contributed by atoms with E-state index >= 15 is 0 Å². The maximum Gasteiger partial charge on any atom is 0.0828 e. The smallest absolute Gasteiger partial charge is 0.0786 e. The van der Waals surface area contributed by atoms with Crippen LogP contribution in [0.2, 0.25) is 0 Å². The predicted molar refractivity (Wildman–Crippen MR) is 97.7 cm³/mol. The third-order valence-corrected chi connectivity index (χ3v) is 4.90. The van der Waals surface area contributed by atoms with Crippen molar-refractivity contribution in [3.05, 3.63) is 107 Å². The van der Waals surface area contributed by atoms with E-state index in [1.165, 1.54) is 11.1 Å². The number of benzene rings is 3. The minimum absolute atomic E-state index is 0.0826. The van der Waals surface area contributed by atoms with Crippen molar-refractivity contribution in [2.75, 3.05) is 0 Å². The molecular formula is C20H16BBr. The molecule has 0 aliphatic rings. The molecule has 2 unspecified atom stereocenters. The molecule has 2 radical (unpaired) electrons. The number of alkyl halides is 1. The highest BCUT2D eigenvalue weighted by Gasteiger charge is 2.11. The Balaban J connectivity index is 1.81. The molecule has 0 amide bonds. The normalized spacial score (nSPS) is 13.5. The highest BCUT2D eigenvalue weighted by molar-refractivity contribution is 9.09. The molecule has 2 atom stereocenters. The SMILES string of the molecule is [B]C(c1ccccc1)c1ccc(C(Br)c2ccccc2)cc1. The fraction of sp³-hybridized carbons (Fsp3) is 0.100. The molecule has 0 fully saturated rings. The summed E-state index contributed by atoms with van der Waals surface area (Å²) in [6.07, 6.45) is 0. The number of halogens is 1. The van der Waals surface area contributed by atoms with Crippen LogP contribution in [0.5, 0.6) is 0 Å². The molecular weight excluding hydrogens is 331 g/mol. The Morgan fingerprint density at radius 1 is 0.545 bits per heavy atom. The quantitative estimate of drug-likeness (QED) is 0.436. The minimum Gasteiger partial charge on any atom is -0.0786 e. The number of hydrogen-bond donors (Lipinski definition) is 0. The van der Waals surface area contributed by atoms with Crippen molar-refractivity contribution in [2.45, 2.75) is 10.6 Å². The molecule has 0 nitrogen and oxygen atoms in total. The maximum absolute atomic E-state index is 6.34. The van der Waals surface area contributed by atoms with Crippen LogP contribution in [0, 0.1) is 0 Å². The Kier molecular flexibility index (Phi) is 4.79. The molecule has 0 saturated heterocycles. The van der Waals surface area contributed by atoms with E-state index in [0.29, 0.717) is 0 Å². The standard InChI is InChI=1S/C20H16BBr/c21-19(15-7-3-1-4-8-15)16-11-13-18(14-12-16)20(22)17-9-5-2-6-10-17/h1-14,19-20H. The summed E-state index contributed by atoms with van der Waals surface area (Å²) in [6.45, 7) is 0. The van der Waals surface area contributed by atoms with Crippen LogP contribution in [-0.2, 0) is 0 Å². The van der Waals surface area contributed by atoms with Crippen molar-refractivity contribution in [3.8, 4) is 0 Å². The molecule has 2 heteroatoms. The average molecular weight is 347 g/mol. The van der Waals surface area contributed by atoms with Gasteiger partial charge in [0.2, 0.25) is 0 Å². The first kappa shape index (κ1) is 15.1. The van der Waals surface area contributed by atoms with Crippen LogP contribution in [-0.4, -0.2) is 7.85 Å².